The topological polar surface area (TPSA) is 82.4 Å². The molecule has 5 aromatic heterocycles. The van der Waals surface area contributed by atoms with Gasteiger partial charge in [-0.2, -0.15) is 5.26 Å². The molecule has 5 heterocycles. The maximum atomic E-state index is 12.8. The van der Waals surface area contributed by atoms with Gasteiger partial charge in [0.2, 0.25) is 5.89 Å². The van der Waals surface area contributed by atoms with Gasteiger partial charge in [0.05, 0.1) is 78.4 Å². The van der Waals surface area contributed by atoms with Crippen LogP contribution in [0.1, 0.15) is 28.5 Å². The fourth-order valence-electron chi connectivity index (χ4n) is 12.8. The molecule has 8 heteroatoms. The third-order valence-corrected chi connectivity index (χ3v) is 15.9. The van der Waals surface area contributed by atoms with E-state index in [9.17, 15) is 5.26 Å². The van der Waals surface area contributed by atoms with E-state index in [4.69, 9.17) is 14.6 Å². The van der Waals surface area contributed by atoms with Crippen LogP contribution in [0, 0.1) is 11.3 Å². The summed E-state index contributed by atoms with van der Waals surface area (Å²) in [7, 11) is 0. The van der Waals surface area contributed by atoms with E-state index in [1.54, 1.807) is 0 Å². The number of hydrogen-bond donors (Lipinski definition) is 0. The number of aromatic nitrogens is 6. The molecule has 0 aliphatic heterocycles. The Morgan fingerprint density at radius 1 is 0.308 bits per heavy atom. The molecule has 0 saturated heterocycles. The summed E-state index contributed by atoms with van der Waals surface area (Å²) in [5, 5.41) is 31.7. The van der Waals surface area contributed by atoms with Gasteiger partial charge < -0.3 is 22.7 Å². The molecular weight excluding hydrogens is 955 g/mol. The minimum absolute atomic E-state index is 0.267. The molecule has 16 aromatic rings. The average molecular weight is 998 g/mol. The standard InChI is InChI=1S/C70H43N7O/c71-43-54-65(74-55-35-15-7-27-46(55)47-28-8-16-36-56(47)74)64(70-73-72-69(78-70)63(44-23-3-1-4-24-44)45-25-5-2-6-26-45)67(76-59-39-19-11-31-50(59)51-32-12-20-40-60(51)76)68(77-61-41-21-13-33-52(61)53-34-14-22-42-62(53)77)66(54)75-57-37-17-9-29-48(57)49-30-10-18-38-58(49)75/h1-42,63H. The zero-order valence-corrected chi connectivity index (χ0v) is 41.9. The van der Waals surface area contributed by atoms with Crippen molar-refractivity contribution in [3.63, 3.8) is 0 Å². The van der Waals surface area contributed by atoms with Crippen LogP contribution in [-0.2, 0) is 0 Å². The SMILES string of the molecule is N#Cc1c(-n2c3ccccc3c3ccccc32)c(-c2nnc(C(c3ccccc3)c3ccccc3)o2)c(-n2c3ccccc3c3ccccc32)c(-n2c3ccccc3c3ccccc32)c1-n1c2ccccc2c2ccccc21. The Hall–Kier alpha value is -10.8. The molecule has 0 aliphatic rings. The summed E-state index contributed by atoms with van der Waals surface area (Å²) in [6, 6.07) is 92.2. The van der Waals surface area contributed by atoms with E-state index >= 15 is 0 Å². The van der Waals surface area contributed by atoms with Crippen molar-refractivity contribution in [2.45, 2.75) is 5.92 Å². The highest BCUT2D eigenvalue weighted by atomic mass is 16.4. The first-order valence-electron chi connectivity index (χ1n) is 26.3. The van der Waals surface area contributed by atoms with Crippen LogP contribution in [0.5, 0.6) is 0 Å². The molecule has 78 heavy (non-hydrogen) atoms. The summed E-state index contributed by atoms with van der Waals surface area (Å²) in [5.74, 6) is 0.279. The molecule has 0 amide bonds. The second-order valence-electron chi connectivity index (χ2n) is 19.9. The smallest absolute Gasteiger partial charge is 0.252 e. The molecule has 8 nitrogen and oxygen atoms in total. The van der Waals surface area contributed by atoms with E-state index in [1.165, 1.54) is 0 Å². The maximum Gasteiger partial charge on any atom is 0.252 e. The summed E-state index contributed by atoms with van der Waals surface area (Å²) in [6.07, 6.45) is 0. The highest BCUT2D eigenvalue weighted by molar-refractivity contribution is 6.17. The van der Waals surface area contributed by atoms with Gasteiger partial charge in [0.1, 0.15) is 11.6 Å². The minimum atomic E-state index is -0.411. The summed E-state index contributed by atoms with van der Waals surface area (Å²) < 4.78 is 16.9. The van der Waals surface area contributed by atoms with Gasteiger partial charge in [-0.1, -0.05) is 206 Å². The monoisotopic (exact) mass is 997 g/mol. The first-order valence-corrected chi connectivity index (χ1v) is 26.3. The molecular formula is C70H43N7O. The second kappa shape index (κ2) is 17.1. The lowest BCUT2D eigenvalue weighted by Gasteiger charge is -2.28. The molecule has 0 atom stereocenters. The van der Waals surface area contributed by atoms with Gasteiger partial charge in [-0.05, 0) is 59.7 Å². The number of para-hydroxylation sites is 8. The lowest BCUT2D eigenvalue weighted by Crippen LogP contribution is -2.16. The molecule has 11 aromatic carbocycles. The molecule has 0 unspecified atom stereocenters. The van der Waals surface area contributed by atoms with Crippen LogP contribution in [0.4, 0.5) is 0 Å². The molecule has 0 radical (unpaired) electrons. The van der Waals surface area contributed by atoms with Gasteiger partial charge in [0, 0.05) is 43.1 Å². The molecule has 0 aliphatic carbocycles. The number of fused-ring (bicyclic) bond motifs is 12. The molecule has 0 spiro atoms. The van der Waals surface area contributed by atoms with Crippen molar-refractivity contribution < 1.29 is 4.42 Å². The Bertz CT molecular complexity index is 4870. The van der Waals surface area contributed by atoms with E-state index in [0.29, 0.717) is 28.4 Å². The minimum Gasteiger partial charge on any atom is -0.419 e. The van der Waals surface area contributed by atoms with Crippen LogP contribution < -0.4 is 0 Å². The van der Waals surface area contributed by atoms with Crippen molar-refractivity contribution in [3.05, 3.63) is 277 Å². The molecule has 364 valence electrons. The van der Waals surface area contributed by atoms with Crippen molar-refractivity contribution in [2.24, 2.45) is 0 Å². The van der Waals surface area contributed by atoms with Crippen molar-refractivity contribution in [3.8, 4) is 40.3 Å². The van der Waals surface area contributed by atoms with Crippen molar-refractivity contribution in [1.29, 1.82) is 5.26 Å². The largest absolute Gasteiger partial charge is 0.419 e. The summed E-state index contributed by atoms with van der Waals surface area (Å²) in [5.41, 5.74) is 13.5. The average Bonchev–Trinajstić information content (AvgIpc) is 4.51. The first-order chi connectivity index (χ1) is 38.7. The zero-order valence-electron chi connectivity index (χ0n) is 41.9. The van der Waals surface area contributed by atoms with Crippen LogP contribution in [0.15, 0.2) is 259 Å². The van der Waals surface area contributed by atoms with Gasteiger partial charge in [-0.3, -0.25) is 0 Å². The third kappa shape index (κ3) is 6.21. The van der Waals surface area contributed by atoms with E-state index in [2.05, 4.69) is 243 Å². The molecule has 16 rings (SSSR count). The number of nitriles is 1. The number of rotatable bonds is 8. The predicted molar refractivity (Wildman–Crippen MR) is 316 cm³/mol. The predicted octanol–water partition coefficient (Wildman–Crippen LogP) is 17.2. The van der Waals surface area contributed by atoms with Crippen molar-refractivity contribution in [2.75, 3.05) is 0 Å². The highest BCUT2D eigenvalue weighted by Crippen LogP contribution is 2.52. The summed E-state index contributed by atoms with van der Waals surface area (Å²) in [4.78, 5) is 0. The van der Waals surface area contributed by atoms with Gasteiger partial charge in [-0.25, -0.2) is 0 Å². The summed E-state index contributed by atoms with van der Waals surface area (Å²) in [6.45, 7) is 0. The Balaban J connectivity index is 1.22. The normalized spacial score (nSPS) is 11.9. The van der Waals surface area contributed by atoms with E-state index in [0.717, 1.165) is 110 Å². The van der Waals surface area contributed by atoms with E-state index in [-0.39, 0.29) is 5.89 Å². The number of nitrogens with zero attached hydrogens (tertiary/aromatic N) is 7. The number of benzene rings is 11. The van der Waals surface area contributed by atoms with Gasteiger partial charge in [0.25, 0.3) is 5.89 Å². The van der Waals surface area contributed by atoms with Crippen LogP contribution in [0.25, 0.3) is 121 Å². The van der Waals surface area contributed by atoms with Crippen LogP contribution >= 0.6 is 0 Å². The third-order valence-electron chi connectivity index (χ3n) is 15.9. The van der Waals surface area contributed by atoms with Crippen LogP contribution in [0.2, 0.25) is 0 Å². The second-order valence-corrected chi connectivity index (χ2v) is 19.9. The van der Waals surface area contributed by atoms with E-state index < -0.39 is 5.92 Å². The molecule has 0 N–H and O–H groups in total. The Morgan fingerprint density at radius 2 is 0.590 bits per heavy atom. The van der Waals surface area contributed by atoms with Crippen LogP contribution in [0.3, 0.4) is 0 Å². The van der Waals surface area contributed by atoms with Crippen molar-refractivity contribution in [1.82, 2.24) is 28.5 Å². The first kappa shape index (κ1) is 43.6. The quantitative estimate of drug-likeness (QED) is 0.152. The fraction of sp³-hybridized carbons (Fsp3) is 0.0143. The maximum absolute atomic E-state index is 12.8. The number of hydrogen-bond acceptors (Lipinski definition) is 4. The summed E-state index contributed by atoms with van der Waals surface area (Å²) >= 11 is 0. The Morgan fingerprint density at radius 3 is 0.923 bits per heavy atom. The Kier molecular flexibility index (Phi) is 9.59. The lowest BCUT2D eigenvalue weighted by atomic mass is 9.91. The highest BCUT2D eigenvalue weighted by Gasteiger charge is 2.37. The molecule has 0 saturated carbocycles. The van der Waals surface area contributed by atoms with Gasteiger partial charge in [-0.15, -0.1) is 10.2 Å². The van der Waals surface area contributed by atoms with E-state index in [1.807, 2.05) is 36.4 Å². The van der Waals surface area contributed by atoms with Gasteiger partial charge in [0.15, 0.2) is 0 Å². The molecule has 0 fully saturated rings. The zero-order chi connectivity index (χ0) is 51.4. The van der Waals surface area contributed by atoms with Crippen molar-refractivity contribution >= 4 is 87.2 Å². The van der Waals surface area contributed by atoms with Gasteiger partial charge >= 0.3 is 0 Å². The van der Waals surface area contributed by atoms with Crippen LogP contribution in [-0.4, -0.2) is 28.5 Å². The fourth-order valence-corrected chi connectivity index (χ4v) is 12.8. The molecule has 0 bridgehead atoms. The lowest BCUT2D eigenvalue weighted by molar-refractivity contribution is 0.498. The Labute approximate surface area is 446 Å².